The smallest absolute Gasteiger partial charge is 0.0568 e. The second-order valence-corrected chi connectivity index (χ2v) is 4.80. The van der Waals surface area contributed by atoms with E-state index in [-0.39, 0.29) is 6.10 Å². The first-order valence-electron chi connectivity index (χ1n) is 5.11. The summed E-state index contributed by atoms with van der Waals surface area (Å²) in [6.07, 6.45) is 1.97. The van der Waals surface area contributed by atoms with Gasteiger partial charge in [0, 0.05) is 0 Å². The lowest BCUT2D eigenvalue weighted by molar-refractivity contribution is 0.0842. The average Bonchev–Trinajstić information content (AvgIpc) is 1.84. The lowest BCUT2D eigenvalue weighted by atomic mass is 9.89. The Balaban J connectivity index is 3.68. The van der Waals surface area contributed by atoms with Gasteiger partial charge in [0.25, 0.3) is 0 Å². The first kappa shape index (κ1) is 12.0. The number of hydrogen-bond acceptors (Lipinski definition) is 1. The quantitative estimate of drug-likeness (QED) is 0.675. The van der Waals surface area contributed by atoms with Crippen LogP contribution in [-0.4, -0.2) is 11.2 Å². The van der Waals surface area contributed by atoms with Crippen molar-refractivity contribution in [1.82, 2.24) is 0 Å². The molecule has 2 unspecified atom stereocenters. The molecule has 0 fully saturated rings. The van der Waals surface area contributed by atoms with E-state index >= 15 is 0 Å². The Morgan fingerprint density at radius 2 is 1.25 bits per heavy atom. The van der Waals surface area contributed by atoms with E-state index in [1.807, 2.05) is 0 Å². The first-order valence-corrected chi connectivity index (χ1v) is 5.11. The van der Waals surface area contributed by atoms with Crippen molar-refractivity contribution in [2.24, 2.45) is 17.8 Å². The number of hydrogen-bond donors (Lipinski definition) is 1. The minimum Gasteiger partial charge on any atom is -0.393 e. The Morgan fingerprint density at radius 3 is 1.58 bits per heavy atom. The second kappa shape index (κ2) is 5.58. The fraction of sp³-hybridized carbons (Fsp3) is 1.00. The van der Waals surface area contributed by atoms with Crippen molar-refractivity contribution in [2.45, 2.75) is 53.6 Å². The average molecular weight is 172 g/mol. The van der Waals surface area contributed by atoms with Crippen molar-refractivity contribution in [3.05, 3.63) is 0 Å². The maximum Gasteiger partial charge on any atom is 0.0568 e. The van der Waals surface area contributed by atoms with Gasteiger partial charge in [-0.15, -0.1) is 0 Å². The number of rotatable bonds is 5. The Bertz CT molecular complexity index is 93.6. The fourth-order valence-corrected chi connectivity index (χ4v) is 1.62. The van der Waals surface area contributed by atoms with Crippen molar-refractivity contribution in [1.29, 1.82) is 0 Å². The Kier molecular flexibility index (Phi) is 5.56. The topological polar surface area (TPSA) is 20.2 Å². The summed E-state index contributed by atoms with van der Waals surface area (Å²) < 4.78 is 0. The van der Waals surface area contributed by atoms with Crippen LogP contribution in [0.25, 0.3) is 0 Å². The molecule has 0 aromatic rings. The van der Waals surface area contributed by atoms with Gasteiger partial charge < -0.3 is 5.11 Å². The molecule has 0 aliphatic rings. The third-order valence-electron chi connectivity index (χ3n) is 2.21. The largest absolute Gasteiger partial charge is 0.393 e. The normalized spacial score (nSPS) is 17.0. The molecule has 0 saturated carbocycles. The highest BCUT2D eigenvalue weighted by Gasteiger charge is 2.16. The third-order valence-corrected chi connectivity index (χ3v) is 2.21. The highest BCUT2D eigenvalue weighted by molar-refractivity contribution is 4.67. The zero-order chi connectivity index (χ0) is 9.72. The number of aliphatic hydroxyl groups excluding tert-OH is 1. The molecule has 0 aliphatic heterocycles. The van der Waals surface area contributed by atoms with Crippen LogP contribution in [0.15, 0.2) is 0 Å². The Hall–Kier alpha value is -0.0400. The minimum atomic E-state index is -0.104. The van der Waals surface area contributed by atoms with Gasteiger partial charge in [-0.2, -0.15) is 0 Å². The van der Waals surface area contributed by atoms with Crippen LogP contribution in [0.5, 0.6) is 0 Å². The maximum absolute atomic E-state index is 9.74. The molecule has 0 radical (unpaired) electrons. The summed E-state index contributed by atoms with van der Waals surface area (Å²) in [5.41, 5.74) is 0. The number of aliphatic hydroxyl groups is 1. The summed E-state index contributed by atoms with van der Waals surface area (Å²) in [4.78, 5) is 0. The maximum atomic E-state index is 9.74. The molecule has 1 heteroatoms. The van der Waals surface area contributed by atoms with Crippen LogP contribution in [0, 0.1) is 17.8 Å². The van der Waals surface area contributed by atoms with Crippen LogP contribution in [0.1, 0.15) is 47.5 Å². The van der Waals surface area contributed by atoms with Crippen LogP contribution in [0.4, 0.5) is 0 Å². The molecule has 1 nitrogen and oxygen atoms in total. The lowest BCUT2D eigenvalue weighted by Crippen LogP contribution is -2.21. The summed E-state index contributed by atoms with van der Waals surface area (Å²) in [7, 11) is 0. The van der Waals surface area contributed by atoms with E-state index in [2.05, 4.69) is 34.6 Å². The molecule has 0 amide bonds. The van der Waals surface area contributed by atoms with Crippen molar-refractivity contribution in [3.8, 4) is 0 Å². The van der Waals surface area contributed by atoms with Gasteiger partial charge in [0.15, 0.2) is 0 Å². The molecule has 0 aromatic carbocycles. The Morgan fingerprint density at radius 1 is 0.833 bits per heavy atom. The first-order chi connectivity index (χ1) is 5.43. The van der Waals surface area contributed by atoms with Crippen molar-refractivity contribution < 1.29 is 5.11 Å². The molecular formula is C11H24O. The summed E-state index contributed by atoms with van der Waals surface area (Å²) in [5, 5.41) is 9.74. The SMILES string of the molecule is CC(C)CC(C)C(O)CC(C)C. The third kappa shape index (κ3) is 5.59. The molecule has 0 spiro atoms. The minimum absolute atomic E-state index is 0.104. The monoisotopic (exact) mass is 172 g/mol. The van der Waals surface area contributed by atoms with Crippen molar-refractivity contribution in [2.75, 3.05) is 0 Å². The lowest BCUT2D eigenvalue weighted by Gasteiger charge is -2.21. The van der Waals surface area contributed by atoms with Crippen LogP contribution in [-0.2, 0) is 0 Å². The fourth-order valence-electron chi connectivity index (χ4n) is 1.62. The van der Waals surface area contributed by atoms with Gasteiger partial charge in [-0.05, 0) is 30.6 Å². The summed E-state index contributed by atoms with van der Waals surface area (Å²) in [6.45, 7) is 10.9. The predicted octanol–water partition coefficient (Wildman–Crippen LogP) is 3.08. The second-order valence-electron chi connectivity index (χ2n) is 4.80. The van der Waals surface area contributed by atoms with Gasteiger partial charge in [-0.25, -0.2) is 0 Å². The zero-order valence-electron chi connectivity index (χ0n) is 9.17. The van der Waals surface area contributed by atoms with Crippen LogP contribution in [0.3, 0.4) is 0 Å². The molecule has 74 valence electrons. The molecule has 0 saturated heterocycles. The van der Waals surface area contributed by atoms with Gasteiger partial charge >= 0.3 is 0 Å². The summed E-state index contributed by atoms with van der Waals surface area (Å²) in [5.74, 6) is 1.75. The van der Waals surface area contributed by atoms with E-state index in [4.69, 9.17) is 0 Å². The Labute approximate surface area is 77.2 Å². The van der Waals surface area contributed by atoms with Gasteiger partial charge in [0.2, 0.25) is 0 Å². The molecule has 12 heavy (non-hydrogen) atoms. The molecule has 0 heterocycles. The van der Waals surface area contributed by atoms with Gasteiger partial charge in [0.05, 0.1) is 6.10 Å². The zero-order valence-corrected chi connectivity index (χ0v) is 9.17. The van der Waals surface area contributed by atoms with Crippen molar-refractivity contribution >= 4 is 0 Å². The van der Waals surface area contributed by atoms with Gasteiger partial charge in [0.1, 0.15) is 0 Å². The molecule has 0 aliphatic carbocycles. The molecule has 2 atom stereocenters. The van der Waals surface area contributed by atoms with Crippen LogP contribution < -0.4 is 0 Å². The van der Waals surface area contributed by atoms with E-state index in [9.17, 15) is 5.11 Å². The van der Waals surface area contributed by atoms with E-state index in [1.165, 1.54) is 0 Å². The van der Waals surface area contributed by atoms with E-state index in [0.29, 0.717) is 17.8 Å². The highest BCUT2D eigenvalue weighted by atomic mass is 16.3. The van der Waals surface area contributed by atoms with Crippen LogP contribution >= 0.6 is 0 Å². The van der Waals surface area contributed by atoms with E-state index in [1.54, 1.807) is 0 Å². The predicted molar refractivity (Wildman–Crippen MR) is 54.1 cm³/mol. The standard InChI is InChI=1S/C11H24O/c1-8(2)6-10(5)11(12)7-9(3)4/h8-12H,6-7H2,1-5H3. The van der Waals surface area contributed by atoms with E-state index in [0.717, 1.165) is 12.8 Å². The van der Waals surface area contributed by atoms with Crippen LogP contribution in [0.2, 0.25) is 0 Å². The van der Waals surface area contributed by atoms with Gasteiger partial charge in [-0.1, -0.05) is 34.6 Å². The summed E-state index contributed by atoms with van der Waals surface area (Å²) >= 11 is 0. The molecule has 0 aromatic heterocycles. The van der Waals surface area contributed by atoms with E-state index < -0.39 is 0 Å². The summed E-state index contributed by atoms with van der Waals surface area (Å²) in [6, 6.07) is 0. The molecule has 0 rings (SSSR count). The van der Waals surface area contributed by atoms with Gasteiger partial charge in [-0.3, -0.25) is 0 Å². The molecule has 0 bridgehead atoms. The van der Waals surface area contributed by atoms with Crippen molar-refractivity contribution in [3.63, 3.8) is 0 Å². The molecule has 1 N–H and O–H groups in total. The molecular weight excluding hydrogens is 148 g/mol. The highest BCUT2D eigenvalue weighted by Crippen LogP contribution is 2.19.